The Morgan fingerprint density at radius 2 is 1.17 bits per heavy atom. The van der Waals surface area contributed by atoms with Gasteiger partial charge in [-0.1, -0.05) is 45.4 Å². The molecule has 0 amide bonds. The molecule has 4 aliphatic carbocycles. The second-order valence-electron chi connectivity index (χ2n) is 13.9. The number of nitrogens with one attached hydrogen (secondary N) is 2. The molecule has 0 bridgehead atoms. The van der Waals surface area contributed by atoms with Crippen LogP contribution in [-0.2, 0) is 19.5 Å². The molecule has 2 saturated heterocycles. The SMILES string of the molecule is CC1CCCNC1N=NC1C(O)CCC2CCCCC21.OC1CCC2CCCCC2C1N=NC1NCC(Cl)CC1Cl.[Zn]. The van der Waals surface area contributed by atoms with Crippen LogP contribution < -0.4 is 10.6 Å². The molecule has 13 unspecified atom stereocenters. The molecule has 0 aromatic rings. The Morgan fingerprint density at radius 1 is 0.619 bits per heavy atom. The molecular weight excluding hydrogens is 625 g/mol. The average Bonchev–Trinajstić information content (AvgIpc) is 2.98. The fraction of sp³-hybridized carbons (Fsp3) is 1.00. The minimum Gasteiger partial charge on any atom is -0.391 e. The summed E-state index contributed by atoms with van der Waals surface area (Å²) in [5.41, 5.74) is 0. The number of rotatable bonds is 4. The molecule has 42 heavy (non-hydrogen) atoms. The van der Waals surface area contributed by atoms with Gasteiger partial charge < -0.3 is 10.2 Å². The van der Waals surface area contributed by atoms with E-state index in [1.165, 1.54) is 70.6 Å². The van der Waals surface area contributed by atoms with Gasteiger partial charge in [0.05, 0.1) is 29.7 Å². The summed E-state index contributed by atoms with van der Waals surface area (Å²) in [6.07, 6.45) is 17.0. The molecule has 6 aliphatic rings. The first-order chi connectivity index (χ1) is 19.9. The van der Waals surface area contributed by atoms with E-state index in [2.05, 4.69) is 38.0 Å². The molecule has 6 rings (SSSR count). The van der Waals surface area contributed by atoms with Gasteiger partial charge in [0.1, 0.15) is 12.3 Å². The van der Waals surface area contributed by atoms with Gasteiger partial charge in [-0.3, -0.25) is 10.6 Å². The molecule has 0 aromatic heterocycles. The molecule has 2 heterocycles. The number of hydrogen-bond donors (Lipinski definition) is 4. The van der Waals surface area contributed by atoms with Crippen molar-refractivity contribution in [3.05, 3.63) is 0 Å². The van der Waals surface area contributed by atoms with Gasteiger partial charge in [-0.15, -0.1) is 23.2 Å². The van der Waals surface area contributed by atoms with Crippen LogP contribution in [0, 0.1) is 29.6 Å². The summed E-state index contributed by atoms with van der Waals surface area (Å²) in [6, 6.07) is 0.0217. The molecule has 8 nitrogen and oxygen atoms in total. The van der Waals surface area contributed by atoms with Crippen LogP contribution in [0.3, 0.4) is 0 Å². The van der Waals surface area contributed by atoms with Crippen LogP contribution in [0.1, 0.15) is 103 Å². The van der Waals surface area contributed by atoms with Crippen LogP contribution in [0.2, 0.25) is 0 Å². The number of aliphatic hydroxyl groups is 2. The maximum absolute atomic E-state index is 10.3. The summed E-state index contributed by atoms with van der Waals surface area (Å²) in [5.74, 6) is 3.16. The van der Waals surface area contributed by atoms with Crippen molar-refractivity contribution in [1.29, 1.82) is 0 Å². The van der Waals surface area contributed by atoms with E-state index in [9.17, 15) is 10.2 Å². The van der Waals surface area contributed by atoms with Gasteiger partial charge in [0, 0.05) is 31.4 Å². The second kappa shape index (κ2) is 17.2. The zero-order chi connectivity index (χ0) is 28.8. The molecule has 4 N–H and O–H groups in total. The predicted molar refractivity (Wildman–Crippen MR) is 165 cm³/mol. The van der Waals surface area contributed by atoms with Gasteiger partial charge in [-0.2, -0.15) is 20.5 Å². The molecule has 11 heteroatoms. The minimum atomic E-state index is -0.341. The smallest absolute Gasteiger partial charge is 0.137 e. The van der Waals surface area contributed by atoms with E-state index < -0.39 is 0 Å². The molecule has 236 valence electrons. The molecule has 4 saturated carbocycles. The van der Waals surface area contributed by atoms with Crippen molar-refractivity contribution in [2.24, 2.45) is 50.0 Å². The topological polar surface area (TPSA) is 114 Å². The Kier molecular flexibility index (Phi) is 14.4. The maximum atomic E-state index is 10.3. The van der Waals surface area contributed by atoms with E-state index in [-0.39, 0.29) is 66.9 Å². The Bertz CT molecular complexity index is 873. The van der Waals surface area contributed by atoms with E-state index in [0.29, 0.717) is 24.3 Å². The Balaban J connectivity index is 0.000000189. The van der Waals surface area contributed by atoms with E-state index in [4.69, 9.17) is 23.2 Å². The van der Waals surface area contributed by atoms with Gasteiger partial charge in [0.25, 0.3) is 0 Å². The largest absolute Gasteiger partial charge is 0.391 e. The number of piperidine rings is 2. The normalized spacial score (nSPS) is 46.2. The Hall–Kier alpha value is 0.243. The van der Waals surface area contributed by atoms with Gasteiger partial charge in [-0.25, -0.2) is 0 Å². The zero-order valence-electron chi connectivity index (χ0n) is 25.7. The van der Waals surface area contributed by atoms with Crippen molar-refractivity contribution in [2.45, 2.75) is 151 Å². The summed E-state index contributed by atoms with van der Waals surface area (Å²) in [5, 5.41) is 45.5. The number of nitrogens with zero attached hydrogens (tertiary/aromatic N) is 4. The summed E-state index contributed by atoms with van der Waals surface area (Å²) in [6.45, 7) is 4.01. The Morgan fingerprint density at radius 3 is 1.71 bits per heavy atom. The van der Waals surface area contributed by atoms with Crippen molar-refractivity contribution < 1.29 is 29.7 Å². The van der Waals surface area contributed by atoms with Crippen molar-refractivity contribution in [2.75, 3.05) is 13.1 Å². The fourth-order valence-electron chi connectivity index (χ4n) is 8.53. The summed E-state index contributed by atoms with van der Waals surface area (Å²) >= 11 is 12.4. The fourth-order valence-corrected chi connectivity index (χ4v) is 9.25. The second-order valence-corrected chi connectivity index (χ2v) is 15.0. The quantitative estimate of drug-likeness (QED) is 0.156. The average molecular weight is 679 g/mol. The first-order valence-corrected chi connectivity index (χ1v) is 17.7. The van der Waals surface area contributed by atoms with Crippen LogP contribution in [0.25, 0.3) is 0 Å². The third-order valence-corrected chi connectivity index (χ3v) is 11.8. The number of hydrogen-bond acceptors (Lipinski definition) is 8. The number of azo groups is 2. The van der Waals surface area contributed by atoms with Crippen LogP contribution in [-0.4, -0.2) is 70.7 Å². The van der Waals surface area contributed by atoms with Crippen molar-refractivity contribution in [3.8, 4) is 0 Å². The molecule has 13 atom stereocenters. The molecule has 6 fully saturated rings. The predicted octanol–water partition coefficient (Wildman–Crippen LogP) is 6.41. The third-order valence-electron chi connectivity index (χ3n) is 11.0. The van der Waals surface area contributed by atoms with Gasteiger partial charge in [0.15, 0.2) is 0 Å². The third kappa shape index (κ3) is 9.16. The van der Waals surface area contributed by atoms with E-state index in [0.717, 1.165) is 44.1 Å². The first-order valence-electron chi connectivity index (χ1n) is 16.8. The standard InChI is InChI=1S/C16H29N3O.C15H25Cl2N3O.Zn/c1-11-5-4-10-17-16(11)19-18-15-13-7-3-2-6-12(13)8-9-14(15)20;16-10-7-12(17)15(18-8-10)20-19-14-11-4-2-1-3-9(11)5-6-13(14)21;/h11-17,20H,2-10H2,1H3;9-15,18,21H,1-8H2;. The van der Waals surface area contributed by atoms with Crippen molar-refractivity contribution in [3.63, 3.8) is 0 Å². The molecule has 0 radical (unpaired) electrons. The Labute approximate surface area is 276 Å². The van der Waals surface area contributed by atoms with E-state index >= 15 is 0 Å². The van der Waals surface area contributed by atoms with Gasteiger partial charge in [-0.05, 0) is 93.9 Å². The first kappa shape index (κ1) is 35.1. The van der Waals surface area contributed by atoms with Crippen LogP contribution in [0.4, 0.5) is 0 Å². The maximum Gasteiger partial charge on any atom is 0.137 e. The van der Waals surface area contributed by atoms with Crippen molar-refractivity contribution in [1.82, 2.24) is 10.6 Å². The van der Waals surface area contributed by atoms with E-state index in [1.807, 2.05) is 0 Å². The molecule has 0 aromatic carbocycles. The van der Waals surface area contributed by atoms with Crippen LogP contribution in [0.15, 0.2) is 20.5 Å². The van der Waals surface area contributed by atoms with Crippen LogP contribution in [0.5, 0.6) is 0 Å². The van der Waals surface area contributed by atoms with Crippen molar-refractivity contribution >= 4 is 23.2 Å². The summed E-state index contributed by atoms with van der Waals surface area (Å²) in [4.78, 5) is 0. The van der Waals surface area contributed by atoms with Gasteiger partial charge >= 0.3 is 0 Å². The number of halogens is 2. The molecule has 2 aliphatic heterocycles. The summed E-state index contributed by atoms with van der Waals surface area (Å²) in [7, 11) is 0. The minimum absolute atomic E-state index is 0. The number of aliphatic hydroxyl groups excluding tert-OH is 2. The number of fused-ring (bicyclic) bond motifs is 2. The monoisotopic (exact) mass is 676 g/mol. The molecular formula is C31H54Cl2N6O2Zn. The molecule has 0 spiro atoms. The van der Waals surface area contributed by atoms with Gasteiger partial charge in [0.2, 0.25) is 0 Å². The van der Waals surface area contributed by atoms with Crippen LogP contribution >= 0.6 is 23.2 Å². The zero-order valence-corrected chi connectivity index (χ0v) is 30.2. The number of alkyl halides is 2. The van der Waals surface area contributed by atoms with E-state index in [1.54, 1.807) is 0 Å². The summed E-state index contributed by atoms with van der Waals surface area (Å²) < 4.78 is 0.